The summed E-state index contributed by atoms with van der Waals surface area (Å²) in [5, 5.41) is 14.1. The van der Waals surface area contributed by atoms with Crippen LogP contribution in [0.3, 0.4) is 0 Å². The molecule has 5 heteroatoms. The second-order valence-electron chi connectivity index (χ2n) is 3.63. The largest absolute Gasteiger partial charge is 0.387 e. The minimum atomic E-state index is -0.616. The zero-order valence-electron chi connectivity index (χ0n) is 8.53. The average molecular weight is 259 g/mol. The normalized spacial score (nSPS) is 16.3. The molecule has 0 aliphatic carbocycles. The van der Waals surface area contributed by atoms with Crippen LogP contribution in [0.4, 0.5) is 0 Å². The molecule has 1 aliphatic heterocycles. The van der Waals surface area contributed by atoms with Gasteiger partial charge in [-0.25, -0.2) is 0 Å². The van der Waals surface area contributed by atoms with Crippen molar-refractivity contribution < 1.29 is 5.11 Å². The van der Waals surface area contributed by atoms with Crippen molar-refractivity contribution in [2.45, 2.75) is 6.10 Å². The fourth-order valence-corrected chi connectivity index (χ4v) is 2.13. The van der Waals surface area contributed by atoms with Crippen molar-refractivity contribution in [2.75, 3.05) is 13.2 Å². The number of rotatable bonds is 3. The van der Waals surface area contributed by atoms with Gasteiger partial charge < -0.3 is 15.3 Å². The van der Waals surface area contributed by atoms with Crippen LogP contribution in [0, 0.1) is 0 Å². The van der Waals surface area contributed by atoms with E-state index in [4.69, 9.17) is 23.2 Å². The summed E-state index contributed by atoms with van der Waals surface area (Å²) < 4.78 is 0. The third kappa shape index (κ3) is 2.61. The smallest absolute Gasteiger partial charge is 0.0979 e. The quantitative estimate of drug-likeness (QED) is 0.874. The summed E-state index contributed by atoms with van der Waals surface area (Å²) in [5.41, 5.74) is 0.700. The van der Waals surface area contributed by atoms with Gasteiger partial charge in [0.05, 0.1) is 12.8 Å². The predicted octanol–water partition coefficient (Wildman–Crippen LogP) is 2.36. The van der Waals surface area contributed by atoms with Gasteiger partial charge in [-0.05, 0) is 12.1 Å². The molecule has 2 N–H and O–H groups in total. The first-order chi connectivity index (χ1) is 7.66. The lowest BCUT2D eigenvalue weighted by molar-refractivity contribution is 0.138. The van der Waals surface area contributed by atoms with Gasteiger partial charge in [0.2, 0.25) is 0 Å². The molecule has 1 aromatic rings. The Labute approximate surface area is 104 Å². The van der Waals surface area contributed by atoms with Crippen LogP contribution >= 0.6 is 23.2 Å². The summed E-state index contributed by atoms with van der Waals surface area (Å²) in [6.45, 7) is 1.22. The van der Waals surface area contributed by atoms with Gasteiger partial charge in [-0.15, -0.1) is 0 Å². The van der Waals surface area contributed by atoms with E-state index < -0.39 is 6.10 Å². The Morgan fingerprint density at radius 1 is 1.44 bits per heavy atom. The molecular formula is C11H12Cl2N2O. The highest BCUT2D eigenvalue weighted by Crippen LogP contribution is 2.26. The van der Waals surface area contributed by atoms with Crippen molar-refractivity contribution in [3.63, 3.8) is 0 Å². The lowest BCUT2D eigenvalue weighted by Crippen LogP contribution is -2.25. The number of aliphatic hydroxyl groups excluding tert-OH is 1. The standard InChI is InChI=1S/C11H12Cl2N2O/c12-8-1-2-9(10(13)5-8)11(16)6-15-4-3-14-7-15/h1-5,11,14,16H,6-7H2/t11-/m1/s1. The maximum absolute atomic E-state index is 10.0. The van der Waals surface area contributed by atoms with Crippen LogP contribution in [0.15, 0.2) is 30.6 Å². The lowest BCUT2D eigenvalue weighted by Gasteiger charge is -2.20. The summed E-state index contributed by atoms with van der Waals surface area (Å²) in [6, 6.07) is 5.12. The van der Waals surface area contributed by atoms with Gasteiger partial charge >= 0.3 is 0 Å². The third-order valence-corrected chi connectivity index (χ3v) is 2.99. The Morgan fingerprint density at radius 3 is 2.88 bits per heavy atom. The number of halogens is 2. The Morgan fingerprint density at radius 2 is 2.25 bits per heavy atom. The predicted molar refractivity (Wildman–Crippen MR) is 65.3 cm³/mol. The maximum atomic E-state index is 10.0. The van der Waals surface area contributed by atoms with Gasteiger partial charge in [0.15, 0.2) is 0 Å². The monoisotopic (exact) mass is 258 g/mol. The highest BCUT2D eigenvalue weighted by molar-refractivity contribution is 6.35. The average Bonchev–Trinajstić information content (AvgIpc) is 2.70. The van der Waals surface area contributed by atoms with Crippen LogP contribution in [0.25, 0.3) is 0 Å². The van der Waals surface area contributed by atoms with Crippen molar-refractivity contribution in [1.29, 1.82) is 0 Å². The fourth-order valence-electron chi connectivity index (χ4n) is 1.60. The van der Waals surface area contributed by atoms with E-state index >= 15 is 0 Å². The number of hydrogen-bond acceptors (Lipinski definition) is 3. The van der Waals surface area contributed by atoms with Gasteiger partial charge in [0.25, 0.3) is 0 Å². The molecule has 0 unspecified atom stereocenters. The van der Waals surface area contributed by atoms with Crippen LogP contribution in [-0.2, 0) is 0 Å². The fraction of sp³-hybridized carbons (Fsp3) is 0.273. The minimum absolute atomic E-state index is 0.496. The van der Waals surface area contributed by atoms with E-state index in [2.05, 4.69) is 5.32 Å². The summed E-state index contributed by atoms with van der Waals surface area (Å²) in [4.78, 5) is 1.97. The van der Waals surface area contributed by atoms with E-state index in [-0.39, 0.29) is 0 Å². The molecule has 0 fully saturated rings. The third-order valence-electron chi connectivity index (χ3n) is 2.43. The Balaban J connectivity index is 2.07. The molecule has 0 amide bonds. The number of hydrogen-bond donors (Lipinski definition) is 2. The minimum Gasteiger partial charge on any atom is -0.387 e. The van der Waals surface area contributed by atoms with Gasteiger partial charge in [-0.2, -0.15) is 0 Å². The number of nitrogens with zero attached hydrogens (tertiary/aromatic N) is 1. The van der Waals surface area contributed by atoms with Crippen molar-refractivity contribution >= 4 is 23.2 Å². The lowest BCUT2D eigenvalue weighted by atomic mass is 10.1. The Bertz CT molecular complexity index is 409. The van der Waals surface area contributed by atoms with Crippen LogP contribution in [0.5, 0.6) is 0 Å². The van der Waals surface area contributed by atoms with Crippen LogP contribution < -0.4 is 5.32 Å². The van der Waals surface area contributed by atoms with Crippen LogP contribution in [-0.4, -0.2) is 23.2 Å². The van der Waals surface area contributed by atoms with Gasteiger partial charge in [-0.1, -0.05) is 29.3 Å². The molecule has 86 valence electrons. The molecule has 0 spiro atoms. The first-order valence-electron chi connectivity index (χ1n) is 4.94. The summed E-state index contributed by atoms with van der Waals surface area (Å²) in [5.74, 6) is 0. The number of benzene rings is 1. The Hall–Kier alpha value is -0.900. The molecule has 0 saturated heterocycles. The molecule has 1 heterocycles. The summed E-state index contributed by atoms with van der Waals surface area (Å²) in [7, 11) is 0. The molecule has 16 heavy (non-hydrogen) atoms. The van der Waals surface area contributed by atoms with Crippen LogP contribution in [0.1, 0.15) is 11.7 Å². The van der Waals surface area contributed by atoms with Crippen molar-refractivity contribution in [3.8, 4) is 0 Å². The van der Waals surface area contributed by atoms with Gasteiger partial charge in [0.1, 0.15) is 0 Å². The Kier molecular flexibility index (Phi) is 3.59. The van der Waals surface area contributed by atoms with Crippen molar-refractivity contribution in [3.05, 3.63) is 46.2 Å². The molecule has 1 aliphatic rings. The SMILES string of the molecule is O[C@H](CN1C=CNC1)c1ccc(Cl)cc1Cl. The molecule has 0 bridgehead atoms. The molecule has 0 saturated carbocycles. The highest BCUT2D eigenvalue weighted by atomic mass is 35.5. The molecular weight excluding hydrogens is 247 g/mol. The van der Waals surface area contributed by atoms with E-state index in [0.717, 1.165) is 0 Å². The number of nitrogens with one attached hydrogen (secondary N) is 1. The second kappa shape index (κ2) is 4.95. The van der Waals surface area contributed by atoms with Crippen LogP contribution in [0.2, 0.25) is 10.0 Å². The first kappa shape index (κ1) is 11.6. The van der Waals surface area contributed by atoms with E-state index in [1.807, 2.05) is 17.3 Å². The van der Waals surface area contributed by atoms with Crippen molar-refractivity contribution in [1.82, 2.24) is 10.2 Å². The zero-order chi connectivity index (χ0) is 11.5. The zero-order valence-corrected chi connectivity index (χ0v) is 10.0. The number of aliphatic hydroxyl groups is 1. The summed E-state index contributed by atoms with van der Waals surface area (Å²) >= 11 is 11.8. The van der Waals surface area contributed by atoms with E-state index in [0.29, 0.717) is 28.8 Å². The molecule has 1 atom stereocenters. The highest BCUT2D eigenvalue weighted by Gasteiger charge is 2.15. The molecule has 0 radical (unpaired) electrons. The van der Waals surface area contributed by atoms with E-state index in [1.54, 1.807) is 18.2 Å². The molecule has 2 rings (SSSR count). The molecule has 3 nitrogen and oxygen atoms in total. The molecule has 0 aromatic heterocycles. The first-order valence-corrected chi connectivity index (χ1v) is 5.69. The second-order valence-corrected chi connectivity index (χ2v) is 4.47. The number of β-amino-alcohol motifs (C(OH)–C–C–N with tert-alkyl or cyclic N) is 1. The maximum Gasteiger partial charge on any atom is 0.0979 e. The molecule has 1 aromatic carbocycles. The van der Waals surface area contributed by atoms with Gasteiger partial charge in [0, 0.05) is 34.6 Å². The topological polar surface area (TPSA) is 35.5 Å². The van der Waals surface area contributed by atoms with E-state index in [9.17, 15) is 5.11 Å². The summed E-state index contributed by atoms with van der Waals surface area (Å²) in [6.07, 6.45) is 3.12. The van der Waals surface area contributed by atoms with Gasteiger partial charge in [-0.3, -0.25) is 0 Å². The van der Waals surface area contributed by atoms with Crippen molar-refractivity contribution in [2.24, 2.45) is 0 Å². The van der Waals surface area contributed by atoms with E-state index in [1.165, 1.54) is 0 Å².